The van der Waals surface area contributed by atoms with Crippen LogP contribution in [0.1, 0.15) is 29.4 Å². The summed E-state index contributed by atoms with van der Waals surface area (Å²) >= 11 is 1.76. The van der Waals surface area contributed by atoms with Crippen LogP contribution in [0.15, 0.2) is 29.3 Å². The predicted molar refractivity (Wildman–Crippen MR) is 128 cm³/mol. The highest BCUT2D eigenvalue weighted by Gasteiger charge is 2.06. The quantitative estimate of drug-likeness (QED) is 0.299. The van der Waals surface area contributed by atoms with Gasteiger partial charge in [0.2, 0.25) is 0 Å². The smallest absolute Gasteiger partial charge is 0.191 e. The molecule has 0 amide bonds. The molecule has 2 N–H and O–H groups in total. The Balaban J connectivity index is 0.00000392. The number of halogens is 1. The molecule has 1 aromatic carbocycles. The molecule has 0 aliphatic heterocycles. The Morgan fingerprint density at radius 1 is 1.18 bits per heavy atom. The zero-order valence-electron chi connectivity index (χ0n) is 17.2. The number of aryl methyl sites for hydroxylation is 2. The first-order valence-corrected chi connectivity index (χ1v) is 10.1. The van der Waals surface area contributed by atoms with E-state index in [1.807, 2.05) is 31.2 Å². The Hall–Kier alpha value is -1.55. The van der Waals surface area contributed by atoms with Gasteiger partial charge < -0.3 is 20.1 Å². The molecule has 1 aromatic heterocycles. The van der Waals surface area contributed by atoms with E-state index in [0.717, 1.165) is 47.7 Å². The minimum absolute atomic E-state index is 0. The van der Waals surface area contributed by atoms with Crippen molar-refractivity contribution in [3.63, 3.8) is 0 Å². The summed E-state index contributed by atoms with van der Waals surface area (Å²) in [4.78, 5) is 10.5. The van der Waals surface area contributed by atoms with Gasteiger partial charge in [0.05, 0.1) is 24.4 Å². The molecule has 0 aliphatic carbocycles. The van der Waals surface area contributed by atoms with Gasteiger partial charge in [-0.25, -0.2) is 9.98 Å². The molecular weight excluding hydrogens is 487 g/mol. The Morgan fingerprint density at radius 3 is 2.43 bits per heavy atom. The summed E-state index contributed by atoms with van der Waals surface area (Å²) in [5.41, 5.74) is 1.13. The number of hydrogen-bond acceptors (Lipinski definition) is 5. The van der Waals surface area contributed by atoms with Gasteiger partial charge in [0.25, 0.3) is 0 Å². The number of aromatic nitrogens is 1. The number of guanidine groups is 1. The van der Waals surface area contributed by atoms with Crippen LogP contribution in [0.2, 0.25) is 0 Å². The highest BCUT2D eigenvalue weighted by atomic mass is 127. The monoisotopic (exact) mass is 518 g/mol. The summed E-state index contributed by atoms with van der Waals surface area (Å²) < 4.78 is 11.1. The number of thiazole rings is 1. The Kier molecular flexibility index (Phi) is 11.2. The Bertz CT molecular complexity index is 715. The van der Waals surface area contributed by atoms with Crippen molar-refractivity contribution in [3.05, 3.63) is 39.8 Å². The van der Waals surface area contributed by atoms with Crippen molar-refractivity contribution in [1.29, 1.82) is 0 Å². The average Bonchev–Trinajstić information content (AvgIpc) is 2.98. The SMILES string of the molecule is CCNC(=NCC(C)Oc1ccc(OC)cc1)NCCc1nc(C)c(C)s1.I. The number of aliphatic imine (C=N–C) groups is 1. The number of hydrogen-bond donors (Lipinski definition) is 2. The van der Waals surface area contributed by atoms with Crippen molar-refractivity contribution in [2.75, 3.05) is 26.7 Å². The molecule has 0 aliphatic rings. The van der Waals surface area contributed by atoms with Gasteiger partial charge in [-0.05, 0) is 52.0 Å². The minimum atomic E-state index is -0.0295. The lowest BCUT2D eigenvalue weighted by Crippen LogP contribution is -2.39. The van der Waals surface area contributed by atoms with Gasteiger partial charge in [-0.15, -0.1) is 35.3 Å². The number of nitrogens with one attached hydrogen (secondary N) is 2. The number of benzene rings is 1. The fourth-order valence-electron chi connectivity index (χ4n) is 2.42. The van der Waals surface area contributed by atoms with E-state index in [1.54, 1.807) is 18.4 Å². The van der Waals surface area contributed by atoms with Crippen molar-refractivity contribution in [2.45, 2.75) is 40.2 Å². The maximum Gasteiger partial charge on any atom is 0.191 e. The summed E-state index contributed by atoms with van der Waals surface area (Å²) in [6.07, 6.45) is 0.861. The summed E-state index contributed by atoms with van der Waals surface area (Å²) in [7, 11) is 1.65. The van der Waals surface area contributed by atoms with Crippen molar-refractivity contribution >= 4 is 41.3 Å². The third kappa shape index (κ3) is 8.22. The third-order valence-electron chi connectivity index (χ3n) is 3.95. The molecule has 0 spiro atoms. The number of methoxy groups -OCH3 is 1. The lowest BCUT2D eigenvalue weighted by molar-refractivity contribution is 0.230. The molecule has 156 valence electrons. The van der Waals surface area contributed by atoms with Crippen LogP contribution in [0.3, 0.4) is 0 Å². The summed E-state index contributed by atoms with van der Waals surface area (Å²) in [6.45, 7) is 10.4. The van der Waals surface area contributed by atoms with Gasteiger partial charge in [-0.3, -0.25) is 0 Å². The Labute approximate surface area is 189 Å². The third-order valence-corrected chi connectivity index (χ3v) is 5.08. The number of rotatable bonds is 9. The van der Waals surface area contributed by atoms with E-state index in [0.29, 0.717) is 6.54 Å². The van der Waals surface area contributed by atoms with Gasteiger partial charge in [0.1, 0.15) is 17.6 Å². The topological polar surface area (TPSA) is 67.8 Å². The molecule has 6 nitrogen and oxygen atoms in total. The second kappa shape index (κ2) is 12.8. The maximum atomic E-state index is 5.91. The van der Waals surface area contributed by atoms with Crippen LogP contribution in [-0.4, -0.2) is 43.8 Å². The average molecular weight is 518 g/mol. The molecule has 28 heavy (non-hydrogen) atoms. The summed E-state index contributed by atoms with van der Waals surface area (Å²) in [5.74, 6) is 2.43. The van der Waals surface area contributed by atoms with E-state index in [4.69, 9.17) is 9.47 Å². The number of ether oxygens (including phenoxy) is 2. The first kappa shape index (κ1) is 24.5. The number of nitrogens with zero attached hydrogens (tertiary/aromatic N) is 2. The van der Waals surface area contributed by atoms with Crippen LogP contribution in [-0.2, 0) is 6.42 Å². The van der Waals surface area contributed by atoms with Crippen LogP contribution in [0, 0.1) is 13.8 Å². The predicted octanol–water partition coefficient (Wildman–Crippen LogP) is 3.95. The zero-order chi connectivity index (χ0) is 19.6. The van der Waals surface area contributed by atoms with E-state index < -0.39 is 0 Å². The van der Waals surface area contributed by atoms with Crippen LogP contribution in [0.5, 0.6) is 11.5 Å². The largest absolute Gasteiger partial charge is 0.497 e. The molecule has 0 bridgehead atoms. The van der Waals surface area contributed by atoms with Crippen molar-refractivity contribution in [1.82, 2.24) is 15.6 Å². The van der Waals surface area contributed by atoms with E-state index in [-0.39, 0.29) is 30.1 Å². The molecule has 0 saturated carbocycles. The molecule has 8 heteroatoms. The van der Waals surface area contributed by atoms with Crippen LogP contribution in [0.25, 0.3) is 0 Å². The first-order valence-electron chi connectivity index (χ1n) is 9.27. The van der Waals surface area contributed by atoms with Gasteiger partial charge in [-0.2, -0.15) is 0 Å². The minimum Gasteiger partial charge on any atom is -0.497 e. The fourth-order valence-corrected chi connectivity index (χ4v) is 3.35. The van der Waals surface area contributed by atoms with Gasteiger partial charge >= 0.3 is 0 Å². The first-order chi connectivity index (χ1) is 13.0. The lowest BCUT2D eigenvalue weighted by atomic mass is 10.3. The van der Waals surface area contributed by atoms with E-state index in [1.165, 1.54) is 4.88 Å². The van der Waals surface area contributed by atoms with Crippen LogP contribution < -0.4 is 20.1 Å². The van der Waals surface area contributed by atoms with E-state index in [2.05, 4.69) is 41.4 Å². The molecule has 1 atom stereocenters. The van der Waals surface area contributed by atoms with E-state index in [9.17, 15) is 0 Å². The van der Waals surface area contributed by atoms with Gasteiger partial charge in [-0.1, -0.05) is 0 Å². The lowest BCUT2D eigenvalue weighted by Gasteiger charge is -2.15. The normalized spacial score (nSPS) is 12.1. The van der Waals surface area contributed by atoms with Crippen LogP contribution in [0.4, 0.5) is 0 Å². The second-order valence-corrected chi connectivity index (χ2v) is 7.54. The van der Waals surface area contributed by atoms with Crippen molar-refractivity contribution in [3.8, 4) is 11.5 Å². The standard InChI is InChI=1S/C20H30N4O2S.HI/c1-6-21-20(22-12-11-19-24-15(3)16(4)27-19)23-13-14(2)26-18-9-7-17(25-5)8-10-18;/h7-10,14H,6,11-13H2,1-5H3,(H2,21,22,23);1H. The fraction of sp³-hybridized carbons (Fsp3) is 0.500. The molecule has 0 saturated heterocycles. The van der Waals surface area contributed by atoms with Gasteiger partial charge in [0.15, 0.2) is 5.96 Å². The highest BCUT2D eigenvalue weighted by Crippen LogP contribution is 2.18. The highest BCUT2D eigenvalue weighted by molar-refractivity contribution is 14.0. The molecule has 2 rings (SSSR count). The molecule has 0 fully saturated rings. The van der Waals surface area contributed by atoms with E-state index >= 15 is 0 Å². The maximum absolute atomic E-state index is 5.91. The second-order valence-electron chi connectivity index (χ2n) is 6.25. The molecule has 2 aromatic rings. The summed E-state index contributed by atoms with van der Waals surface area (Å²) in [6, 6.07) is 7.58. The molecule has 1 heterocycles. The Morgan fingerprint density at radius 2 is 1.86 bits per heavy atom. The molecule has 0 radical (unpaired) electrons. The molecular formula is C20H31IN4O2S. The van der Waals surface area contributed by atoms with Crippen LogP contribution >= 0.6 is 35.3 Å². The molecule has 1 unspecified atom stereocenters. The van der Waals surface area contributed by atoms with Crippen molar-refractivity contribution < 1.29 is 9.47 Å². The zero-order valence-corrected chi connectivity index (χ0v) is 20.4. The van der Waals surface area contributed by atoms with Gasteiger partial charge in [0, 0.05) is 24.4 Å². The summed E-state index contributed by atoms with van der Waals surface area (Å²) in [5, 5.41) is 7.79. The van der Waals surface area contributed by atoms with Crippen molar-refractivity contribution in [2.24, 2.45) is 4.99 Å².